The number of hydrogen-bond acceptors (Lipinski definition) is 4. The molecule has 26 heavy (non-hydrogen) atoms. The number of aryl methyl sites for hydroxylation is 2. The Bertz CT molecular complexity index is 921. The predicted octanol–water partition coefficient (Wildman–Crippen LogP) is 2.22. The van der Waals surface area contributed by atoms with Crippen LogP contribution in [0.1, 0.15) is 23.5 Å². The molecule has 7 nitrogen and oxygen atoms in total. The Labute approximate surface area is 149 Å². The molecule has 3 N–H and O–H groups in total. The fourth-order valence-corrected chi connectivity index (χ4v) is 2.39. The third kappa shape index (κ3) is 4.85. The summed E-state index contributed by atoms with van der Waals surface area (Å²) in [6, 6.07) is 3.81. The molecule has 1 aromatic carbocycles. The molecule has 1 heterocycles. The van der Waals surface area contributed by atoms with Gasteiger partial charge in [0.1, 0.15) is 11.6 Å². The van der Waals surface area contributed by atoms with Crippen molar-refractivity contribution < 1.29 is 14.0 Å². The Morgan fingerprint density at radius 3 is 2.69 bits per heavy atom. The van der Waals surface area contributed by atoms with E-state index in [0.29, 0.717) is 22.8 Å². The SMILES string of the molecule is C=CC(=O)Nc1cc(NC(=O)CCc2c(C)nc(C)[nH]c2=O)ccc1F. The summed E-state index contributed by atoms with van der Waals surface area (Å²) in [5.74, 6) is -1.03. The lowest BCUT2D eigenvalue weighted by molar-refractivity contribution is -0.116. The van der Waals surface area contributed by atoms with E-state index >= 15 is 0 Å². The van der Waals surface area contributed by atoms with Gasteiger partial charge in [-0.3, -0.25) is 14.4 Å². The number of nitrogens with one attached hydrogen (secondary N) is 3. The van der Waals surface area contributed by atoms with Gasteiger partial charge in [-0.05, 0) is 44.5 Å². The van der Waals surface area contributed by atoms with Crippen molar-refractivity contribution in [3.63, 3.8) is 0 Å². The molecule has 0 fully saturated rings. The summed E-state index contributed by atoms with van der Waals surface area (Å²) in [4.78, 5) is 42.1. The molecule has 0 saturated heterocycles. The van der Waals surface area contributed by atoms with Crippen molar-refractivity contribution in [2.24, 2.45) is 0 Å². The second-order valence-corrected chi connectivity index (χ2v) is 5.65. The Morgan fingerprint density at radius 1 is 1.31 bits per heavy atom. The van der Waals surface area contributed by atoms with Gasteiger partial charge < -0.3 is 15.6 Å². The van der Waals surface area contributed by atoms with Crippen LogP contribution >= 0.6 is 0 Å². The highest BCUT2D eigenvalue weighted by Gasteiger charge is 2.11. The molecule has 2 amide bonds. The monoisotopic (exact) mass is 358 g/mol. The number of benzene rings is 1. The number of amides is 2. The zero-order valence-corrected chi connectivity index (χ0v) is 14.5. The first-order valence-corrected chi connectivity index (χ1v) is 7.89. The third-order valence-corrected chi connectivity index (χ3v) is 3.64. The average molecular weight is 358 g/mol. The van der Waals surface area contributed by atoms with E-state index in [2.05, 4.69) is 27.2 Å². The molecule has 0 aliphatic rings. The fraction of sp³-hybridized carbons (Fsp3) is 0.222. The van der Waals surface area contributed by atoms with Crippen LogP contribution in [0, 0.1) is 19.7 Å². The predicted molar refractivity (Wildman–Crippen MR) is 96.5 cm³/mol. The third-order valence-electron chi connectivity index (χ3n) is 3.64. The van der Waals surface area contributed by atoms with E-state index in [4.69, 9.17) is 0 Å². The van der Waals surface area contributed by atoms with Crippen LogP contribution in [-0.2, 0) is 16.0 Å². The number of rotatable bonds is 6. The van der Waals surface area contributed by atoms with E-state index < -0.39 is 11.7 Å². The minimum absolute atomic E-state index is 0.0559. The van der Waals surface area contributed by atoms with Gasteiger partial charge in [0.25, 0.3) is 5.56 Å². The van der Waals surface area contributed by atoms with Crippen molar-refractivity contribution in [3.8, 4) is 0 Å². The Morgan fingerprint density at radius 2 is 2.04 bits per heavy atom. The van der Waals surface area contributed by atoms with E-state index in [0.717, 1.165) is 12.1 Å². The highest BCUT2D eigenvalue weighted by Crippen LogP contribution is 2.20. The molecular formula is C18H19FN4O3. The zero-order chi connectivity index (χ0) is 19.3. The normalized spacial score (nSPS) is 10.3. The molecule has 8 heteroatoms. The largest absolute Gasteiger partial charge is 0.326 e. The van der Waals surface area contributed by atoms with Gasteiger partial charge in [0.05, 0.1) is 5.69 Å². The maximum absolute atomic E-state index is 13.7. The molecule has 2 rings (SSSR count). The zero-order valence-electron chi connectivity index (χ0n) is 14.5. The highest BCUT2D eigenvalue weighted by molar-refractivity contribution is 5.99. The molecule has 0 aliphatic heterocycles. The maximum atomic E-state index is 13.7. The van der Waals surface area contributed by atoms with Crippen LogP contribution in [0.4, 0.5) is 15.8 Å². The van der Waals surface area contributed by atoms with E-state index in [-0.39, 0.29) is 30.0 Å². The summed E-state index contributed by atoms with van der Waals surface area (Å²) in [5, 5.41) is 4.92. The summed E-state index contributed by atoms with van der Waals surface area (Å²) in [6.45, 7) is 6.69. The van der Waals surface area contributed by atoms with Gasteiger partial charge in [0.2, 0.25) is 11.8 Å². The lowest BCUT2D eigenvalue weighted by Crippen LogP contribution is -2.20. The molecule has 1 aromatic heterocycles. The number of H-pyrrole nitrogens is 1. The van der Waals surface area contributed by atoms with Crippen LogP contribution in [0.2, 0.25) is 0 Å². The number of hydrogen-bond donors (Lipinski definition) is 3. The summed E-state index contributed by atoms with van der Waals surface area (Å²) >= 11 is 0. The Balaban J connectivity index is 2.04. The van der Waals surface area contributed by atoms with Crippen molar-refractivity contribution in [1.29, 1.82) is 0 Å². The standard InChI is InChI=1S/C18H19FN4O3/c1-4-16(24)23-15-9-12(5-7-14(15)19)22-17(25)8-6-13-10(2)20-11(3)21-18(13)26/h4-5,7,9H,1,6,8H2,2-3H3,(H,22,25)(H,23,24)(H,20,21,26). The van der Waals surface area contributed by atoms with E-state index in [9.17, 15) is 18.8 Å². The molecule has 0 saturated carbocycles. The first kappa shape index (κ1) is 19.0. The minimum Gasteiger partial charge on any atom is -0.326 e. The van der Waals surface area contributed by atoms with Crippen molar-refractivity contribution in [2.75, 3.05) is 10.6 Å². The van der Waals surface area contributed by atoms with E-state index in [1.807, 2.05) is 0 Å². The summed E-state index contributed by atoms with van der Waals surface area (Å²) in [6.07, 6.45) is 1.29. The smallest absolute Gasteiger partial charge is 0.254 e. The first-order valence-electron chi connectivity index (χ1n) is 7.89. The van der Waals surface area contributed by atoms with E-state index in [1.54, 1.807) is 13.8 Å². The molecule has 0 aliphatic carbocycles. The second-order valence-electron chi connectivity index (χ2n) is 5.65. The van der Waals surface area contributed by atoms with Crippen molar-refractivity contribution in [1.82, 2.24) is 9.97 Å². The molecule has 0 spiro atoms. The van der Waals surface area contributed by atoms with Gasteiger partial charge in [-0.15, -0.1) is 0 Å². The lowest BCUT2D eigenvalue weighted by Gasteiger charge is -2.09. The van der Waals surface area contributed by atoms with Crippen LogP contribution < -0.4 is 16.2 Å². The quantitative estimate of drug-likeness (QED) is 0.689. The number of halogens is 1. The van der Waals surface area contributed by atoms with Gasteiger partial charge in [-0.2, -0.15) is 0 Å². The Kier molecular flexibility index (Phi) is 6.00. The molecule has 0 radical (unpaired) electrons. The topological polar surface area (TPSA) is 104 Å². The van der Waals surface area contributed by atoms with Crippen molar-refractivity contribution in [2.45, 2.75) is 26.7 Å². The molecule has 0 unspecified atom stereocenters. The van der Waals surface area contributed by atoms with Crippen molar-refractivity contribution >= 4 is 23.2 Å². The van der Waals surface area contributed by atoms with Gasteiger partial charge in [0.15, 0.2) is 0 Å². The first-order chi connectivity index (χ1) is 12.3. The van der Waals surface area contributed by atoms with Crippen molar-refractivity contribution in [3.05, 3.63) is 64.1 Å². The summed E-state index contributed by atoms with van der Waals surface area (Å²) < 4.78 is 13.7. The average Bonchev–Trinajstić information content (AvgIpc) is 2.56. The number of aromatic amines is 1. The van der Waals surface area contributed by atoms with Crippen LogP contribution in [0.3, 0.4) is 0 Å². The van der Waals surface area contributed by atoms with Gasteiger partial charge in [-0.25, -0.2) is 9.37 Å². The molecule has 0 atom stereocenters. The van der Waals surface area contributed by atoms with Gasteiger partial charge in [-0.1, -0.05) is 6.58 Å². The lowest BCUT2D eigenvalue weighted by atomic mass is 10.1. The number of carbonyl (C=O) groups excluding carboxylic acids is 2. The minimum atomic E-state index is -0.633. The summed E-state index contributed by atoms with van der Waals surface area (Å²) in [5.41, 5.74) is 1.02. The molecule has 0 bridgehead atoms. The number of aromatic nitrogens is 2. The molecule has 136 valence electrons. The fourth-order valence-electron chi connectivity index (χ4n) is 2.39. The number of anilines is 2. The highest BCUT2D eigenvalue weighted by atomic mass is 19.1. The molecular weight excluding hydrogens is 339 g/mol. The van der Waals surface area contributed by atoms with Crippen LogP contribution in [0.25, 0.3) is 0 Å². The van der Waals surface area contributed by atoms with Gasteiger partial charge in [0, 0.05) is 23.4 Å². The van der Waals surface area contributed by atoms with Gasteiger partial charge >= 0.3 is 0 Å². The number of carbonyl (C=O) groups is 2. The molecule has 2 aromatic rings. The van der Waals surface area contributed by atoms with Crippen LogP contribution in [0.5, 0.6) is 0 Å². The van der Waals surface area contributed by atoms with Crippen LogP contribution in [-0.4, -0.2) is 21.8 Å². The van der Waals surface area contributed by atoms with Crippen LogP contribution in [0.15, 0.2) is 35.6 Å². The summed E-state index contributed by atoms with van der Waals surface area (Å²) in [7, 11) is 0. The second kappa shape index (κ2) is 8.19. The van der Waals surface area contributed by atoms with E-state index in [1.165, 1.54) is 12.1 Å². The number of nitrogens with zero attached hydrogens (tertiary/aromatic N) is 1. The Hall–Kier alpha value is -3.29. The maximum Gasteiger partial charge on any atom is 0.254 e.